The SMILES string of the molecule is CC=CCCNC(=NC)N1CCC(C)(C)C1. The Hall–Kier alpha value is -0.990. The highest BCUT2D eigenvalue weighted by Gasteiger charge is 2.30. The minimum Gasteiger partial charge on any atom is -0.356 e. The van der Waals surface area contributed by atoms with Gasteiger partial charge in [0.05, 0.1) is 0 Å². The number of aliphatic imine (C=N–C) groups is 1. The van der Waals surface area contributed by atoms with Crippen molar-refractivity contribution in [2.75, 3.05) is 26.7 Å². The highest BCUT2D eigenvalue weighted by Crippen LogP contribution is 2.28. The molecular formula is C13H25N3. The van der Waals surface area contributed by atoms with Crippen LogP contribution in [-0.2, 0) is 0 Å². The van der Waals surface area contributed by atoms with Crippen molar-refractivity contribution in [2.24, 2.45) is 10.4 Å². The van der Waals surface area contributed by atoms with Crippen molar-refractivity contribution in [2.45, 2.75) is 33.6 Å². The van der Waals surface area contributed by atoms with Crippen LogP contribution < -0.4 is 5.32 Å². The van der Waals surface area contributed by atoms with E-state index in [1.54, 1.807) is 0 Å². The van der Waals surface area contributed by atoms with Crippen LogP contribution in [0.15, 0.2) is 17.1 Å². The van der Waals surface area contributed by atoms with Gasteiger partial charge in [0.25, 0.3) is 0 Å². The van der Waals surface area contributed by atoms with Gasteiger partial charge < -0.3 is 10.2 Å². The lowest BCUT2D eigenvalue weighted by molar-refractivity contribution is 0.370. The molecule has 0 atom stereocenters. The second kappa shape index (κ2) is 5.92. The van der Waals surface area contributed by atoms with Gasteiger partial charge in [0, 0.05) is 26.7 Å². The van der Waals surface area contributed by atoms with E-state index in [1.165, 1.54) is 6.42 Å². The van der Waals surface area contributed by atoms with Gasteiger partial charge in [-0.15, -0.1) is 0 Å². The fraction of sp³-hybridized carbons (Fsp3) is 0.769. The first-order chi connectivity index (χ1) is 7.59. The summed E-state index contributed by atoms with van der Waals surface area (Å²) in [6, 6.07) is 0. The summed E-state index contributed by atoms with van der Waals surface area (Å²) in [6.07, 6.45) is 6.58. The van der Waals surface area contributed by atoms with Crippen molar-refractivity contribution < 1.29 is 0 Å². The Balaban J connectivity index is 2.38. The van der Waals surface area contributed by atoms with Gasteiger partial charge in [0.1, 0.15) is 0 Å². The summed E-state index contributed by atoms with van der Waals surface area (Å²) in [6.45, 7) is 9.89. The summed E-state index contributed by atoms with van der Waals surface area (Å²) in [7, 11) is 1.86. The number of hydrogen-bond donors (Lipinski definition) is 1. The summed E-state index contributed by atoms with van der Waals surface area (Å²) in [5, 5.41) is 3.41. The zero-order valence-corrected chi connectivity index (χ0v) is 11.1. The van der Waals surface area contributed by atoms with Gasteiger partial charge in [-0.1, -0.05) is 26.0 Å². The summed E-state index contributed by atoms with van der Waals surface area (Å²) in [5.41, 5.74) is 0.431. The first-order valence-electron chi connectivity index (χ1n) is 6.16. The monoisotopic (exact) mass is 223 g/mol. The molecule has 0 amide bonds. The van der Waals surface area contributed by atoms with Gasteiger partial charge >= 0.3 is 0 Å². The molecule has 0 radical (unpaired) electrons. The van der Waals surface area contributed by atoms with Crippen molar-refractivity contribution in [1.82, 2.24) is 10.2 Å². The number of likely N-dealkylation sites (tertiary alicyclic amines) is 1. The van der Waals surface area contributed by atoms with Crippen molar-refractivity contribution in [3.63, 3.8) is 0 Å². The third-order valence-electron chi connectivity index (χ3n) is 3.02. The lowest BCUT2D eigenvalue weighted by Crippen LogP contribution is -2.41. The Morgan fingerprint density at radius 3 is 2.75 bits per heavy atom. The molecule has 16 heavy (non-hydrogen) atoms. The molecule has 0 aliphatic carbocycles. The zero-order valence-electron chi connectivity index (χ0n) is 11.1. The molecule has 1 heterocycles. The quantitative estimate of drug-likeness (QED) is 0.344. The van der Waals surface area contributed by atoms with Gasteiger partial charge in [-0.25, -0.2) is 0 Å². The molecule has 0 unspecified atom stereocenters. The van der Waals surface area contributed by atoms with Crippen LogP contribution in [0.3, 0.4) is 0 Å². The second-order valence-corrected chi connectivity index (χ2v) is 5.17. The minimum atomic E-state index is 0.431. The predicted molar refractivity (Wildman–Crippen MR) is 70.8 cm³/mol. The van der Waals surface area contributed by atoms with E-state index in [-0.39, 0.29) is 0 Å². The van der Waals surface area contributed by atoms with Crippen molar-refractivity contribution in [3.05, 3.63) is 12.2 Å². The van der Waals surface area contributed by atoms with Crippen LogP contribution in [0.2, 0.25) is 0 Å². The van der Waals surface area contributed by atoms with Crippen molar-refractivity contribution >= 4 is 5.96 Å². The molecule has 0 aromatic carbocycles. The fourth-order valence-corrected chi connectivity index (χ4v) is 2.06. The van der Waals surface area contributed by atoms with Crippen molar-refractivity contribution in [3.8, 4) is 0 Å². The van der Waals surface area contributed by atoms with E-state index in [9.17, 15) is 0 Å². The maximum absolute atomic E-state index is 4.34. The molecule has 92 valence electrons. The molecule has 1 N–H and O–H groups in total. The van der Waals surface area contributed by atoms with Gasteiger partial charge in [-0.3, -0.25) is 4.99 Å². The number of nitrogens with zero attached hydrogens (tertiary/aromatic N) is 2. The molecule has 1 aliphatic heterocycles. The fourth-order valence-electron chi connectivity index (χ4n) is 2.06. The Labute approximate surface area is 99.6 Å². The highest BCUT2D eigenvalue weighted by atomic mass is 15.3. The molecule has 1 rings (SSSR count). The van der Waals surface area contributed by atoms with Gasteiger partial charge in [0.15, 0.2) is 5.96 Å². The Bertz CT molecular complexity index is 266. The summed E-state index contributed by atoms with van der Waals surface area (Å²) in [4.78, 5) is 6.70. The van der Waals surface area contributed by atoms with E-state index in [1.807, 2.05) is 7.05 Å². The zero-order chi connectivity index (χ0) is 12.0. The molecular weight excluding hydrogens is 198 g/mol. The van der Waals surface area contributed by atoms with E-state index < -0.39 is 0 Å². The molecule has 3 heteroatoms. The van der Waals surface area contributed by atoms with E-state index >= 15 is 0 Å². The van der Waals surface area contributed by atoms with Gasteiger partial charge in [-0.05, 0) is 25.2 Å². The Kier molecular flexibility index (Phi) is 4.84. The van der Waals surface area contributed by atoms with E-state index in [2.05, 4.69) is 48.1 Å². The molecule has 0 aromatic heterocycles. The smallest absolute Gasteiger partial charge is 0.193 e. The average molecular weight is 223 g/mol. The predicted octanol–water partition coefficient (Wildman–Crippen LogP) is 2.26. The van der Waals surface area contributed by atoms with Crippen molar-refractivity contribution in [1.29, 1.82) is 0 Å². The third kappa shape index (κ3) is 3.87. The average Bonchev–Trinajstić information content (AvgIpc) is 2.59. The Morgan fingerprint density at radius 1 is 1.50 bits per heavy atom. The van der Waals surface area contributed by atoms with E-state index in [0.717, 1.165) is 32.0 Å². The first-order valence-corrected chi connectivity index (χ1v) is 6.16. The normalized spacial score (nSPS) is 20.8. The van der Waals surface area contributed by atoms with Crippen LogP contribution in [0, 0.1) is 5.41 Å². The topological polar surface area (TPSA) is 27.6 Å². The molecule has 0 bridgehead atoms. The number of nitrogens with one attached hydrogen (secondary N) is 1. The summed E-state index contributed by atoms with van der Waals surface area (Å²) in [5.74, 6) is 1.05. The maximum Gasteiger partial charge on any atom is 0.193 e. The third-order valence-corrected chi connectivity index (χ3v) is 3.02. The lowest BCUT2D eigenvalue weighted by atomic mass is 9.93. The van der Waals surface area contributed by atoms with Crippen LogP contribution >= 0.6 is 0 Å². The van der Waals surface area contributed by atoms with Gasteiger partial charge in [-0.2, -0.15) is 0 Å². The van der Waals surface area contributed by atoms with Crippen LogP contribution in [0.25, 0.3) is 0 Å². The molecule has 0 spiro atoms. The molecule has 1 saturated heterocycles. The standard InChI is InChI=1S/C13H25N3/c1-5-6-7-9-15-12(14-4)16-10-8-13(2,3)11-16/h5-6H,7-11H2,1-4H3,(H,14,15). The molecule has 0 aromatic rings. The molecule has 1 aliphatic rings. The number of guanidine groups is 1. The van der Waals surface area contributed by atoms with Gasteiger partial charge in [0.2, 0.25) is 0 Å². The van der Waals surface area contributed by atoms with Crippen LogP contribution in [0.5, 0.6) is 0 Å². The lowest BCUT2D eigenvalue weighted by Gasteiger charge is -2.23. The van der Waals surface area contributed by atoms with E-state index in [4.69, 9.17) is 0 Å². The van der Waals surface area contributed by atoms with Crippen LogP contribution in [0.1, 0.15) is 33.6 Å². The van der Waals surface area contributed by atoms with Crippen LogP contribution in [-0.4, -0.2) is 37.5 Å². The largest absolute Gasteiger partial charge is 0.356 e. The molecule has 0 saturated carbocycles. The minimum absolute atomic E-state index is 0.431. The summed E-state index contributed by atoms with van der Waals surface area (Å²) >= 11 is 0. The number of allylic oxidation sites excluding steroid dienone is 1. The second-order valence-electron chi connectivity index (χ2n) is 5.17. The molecule has 1 fully saturated rings. The maximum atomic E-state index is 4.34. The number of rotatable bonds is 3. The summed E-state index contributed by atoms with van der Waals surface area (Å²) < 4.78 is 0. The highest BCUT2D eigenvalue weighted by molar-refractivity contribution is 5.80. The first kappa shape index (κ1) is 13.1. The Morgan fingerprint density at radius 2 is 2.25 bits per heavy atom. The van der Waals surface area contributed by atoms with E-state index in [0.29, 0.717) is 5.41 Å². The van der Waals surface area contributed by atoms with Crippen LogP contribution in [0.4, 0.5) is 0 Å². The number of hydrogen-bond acceptors (Lipinski definition) is 1. The molecule has 3 nitrogen and oxygen atoms in total.